The van der Waals surface area contributed by atoms with Crippen LogP contribution in [0.1, 0.15) is 12.0 Å². The predicted octanol–water partition coefficient (Wildman–Crippen LogP) is 2.52. The topological polar surface area (TPSA) is 41.1 Å². The van der Waals surface area contributed by atoms with Gasteiger partial charge in [-0.2, -0.15) is 0 Å². The normalized spacial score (nSPS) is 20.8. The number of fused-ring (bicyclic) bond motifs is 3. The summed E-state index contributed by atoms with van der Waals surface area (Å²) in [5.74, 6) is 1.14. The maximum atomic E-state index is 5.94. The fourth-order valence-corrected chi connectivity index (χ4v) is 3.47. The summed E-state index contributed by atoms with van der Waals surface area (Å²) in [6.07, 6.45) is 5.84. The molecule has 0 spiro atoms. The second-order valence-corrected chi connectivity index (χ2v) is 6.05. The van der Waals surface area contributed by atoms with E-state index in [-0.39, 0.29) is 0 Å². The highest BCUT2D eigenvalue weighted by atomic mass is 35.5. The van der Waals surface area contributed by atoms with Crippen LogP contribution < -0.4 is 10.2 Å². The summed E-state index contributed by atoms with van der Waals surface area (Å²) in [7, 11) is 0. The Morgan fingerprint density at radius 3 is 3.05 bits per heavy atom. The maximum Gasteiger partial charge on any atom is 0.132 e. The van der Waals surface area contributed by atoms with E-state index in [1.54, 1.807) is 6.20 Å². The first kappa shape index (κ1) is 13.0. The molecule has 21 heavy (non-hydrogen) atoms. The molecule has 2 aliphatic heterocycles. The Morgan fingerprint density at radius 1 is 1.24 bits per heavy atom. The molecule has 4 rings (SSSR count). The van der Waals surface area contributed by atoms with Crippen molar-refractivity contribution < 1.29 is 0 Å². The van der Waals surface area contributed by atoms with E-state index < -0.39 is 0 Å². The van der Waals surface area contributed by atoms with Crippen LogP contribution in [0, 0.1) is 0 Å². The molecule has 1 N–H and O–H groups in total. The Labute approximate surface area is 129 Å². The van der Waals surface area contributed by atoms with Crippen molar-refractivity contribution in [2.24, 2.45) is 0 Å². The molecule has 1 unspecified atom stereocenters. The maximum absolute atomic E-state index is 5.94. The van der Waals surface area contributed by atoms with Gasteiger partial charge in [0.05, 0.1) is 10.7 Å². The number of rotatable bonds is 1. The molecule has 1 saturated heterocycles. The average molecular weight is 301 g/mol. The largest absolute Gasteiger partial charge is 0.351 e. The second kappa shape index (κ2) is 5.28. The summed E-state index contributed by atoms with van der Waals surface area (Å²) in [5, 5.41) is 4.14. The van der Waals surface area contributed by atoms with Crippen LogP contribution in [0.15, 0.2) is 30.6 Å². The first-order valence-corrected chi connectivity index (χ1v) is 7.78. The van der Waals surface area contributed by atoms with Crippen molar-refractivity contribution in [1.82, 2.24) is 15.3 Å². The van der Waals surface area contributed by atoms with Crippen molar-refractivity contribution in [3.63, 3.8) is 0 Å². The monoisotopic (exact) mass is 300 g/mol. The molecule has 2 aromatic heterocycles. The van der Waals surface area contributed by atoms with Gasteiger partial charge >= 0.3 is 0 Å². The molecule has 2 aromatic rings. The number of piperazine rings is 1. The first-order chi connectivity index (χ1) is 10.3. The molecule has 0 amide bonds. The van der Waals surface area contributed by atoms with Crippen LogP contribution in [0.25, 0.3) is 11.3 Å². The minimum absolute atomic E-state index is 0.576. The van der Waals surface area contributed by atoms with E-state index in [1.165, 1.54) is 17.5 Å². The molecule has 4 nitrogen and oxygen atoms in total. The van der Waals surface area contributed by atoms with E-state index in [1.807, 2.05) is 18.3 Å². The number of pyridine rings is 2. The lowest BCUT2D eigenvalue weighted by Crippen LogP contribution is -2.53. The van der Waals surface area contributed by atoms with Crippen molar-refractivity contribution in [1.29, 1.82) is 0 Å². The van der Waals surface area contributed by atoms with Gasteiger partial charge in [-0.3, -0.25) is 4.98 Å². The fourth-order valence-electron chi connectivity index (χ4n) is 3.36. The Kier molecular flexibility index (Phi) is 3.28. The zero-order chi connectivity index (χ0) is 14.2. The van der Waals surface area contributed by atoms with E-state index in [9.17, 15) is 0 Å². The summed E-state index contributed by atoms with van der Waals surface area (Å²) in [4.78, 5) is 11.6. The van der Waals surface area contributed by atoms with E-state index in [0.717, 1.165) is 37.6 Å². The lowest BCUT2D eigenvalue weighted by atomic mass is 9.92. The van der Waals surface area contributed by atoms with Crippen LogP contribution in [-0.4, -0.2) is 35.6 Å². The van der Waals surface area contributed by atoms with Crippen LogP contribution in [-0.2, 0) is 6.42 Å². The zero-order valence-electron chi connectivity index (χ0n) is 11.7. The highest BCUT2D eigenvalue weighted by Crippen LogP contribution is 2.35. The highest BCUT2D eigenvalue weighted by molar-refractivity contribution is 6.30. The Bertz CT molecular complexity index is 656. The van der Waals surface area contributed by atoms with Crippen molar-refractivity contribution >= 4 is 17.4 Å². The molecule has 2 aliphatic rings. The summed E-state index contributed by atoms with van der Waals surface area (Å²) >= 11 is 5.94. The Morgan fingerprint density at radius 2 is 2.19 bits per heavy atom. The van der Waals surface area contributed by atoms with Crippen LogP contribution in [0.5, 0.6) is 0 Å². The molecule has 5 heteroatoms. The van der Waals surface area contributed by atoms with Gasteiger partial charge in [0.2, 0.25) is 0 Å². The number of aromatic nitrogens is 2. The zero-order valence-corrected chi connectivity index (χ0v) is 12.5. The molecule has 0 bridgehead atoms. The quantitative estimate of drug-likeness (QED) is 0.879. The third-order valence-corrected chi connectivity index (χ3v) is 4.61. The summed E-state index contributed by atoms with van der Waals surface area (Å²) in [5.41, 5.74) is 3.49. The number of anilines is 1. The third kappa shape index (κ3) is 2.28. The van der Waals surface area contributed by atoms with Gasteiger partial charge in [0.15, 0.2) is 0 Å². The van der Waals surface area contributed by atoms with E-state index >= 15 is 0 Å². The van der Waals surface area contributed by atoms with Crippen LogP contribution in [0.2, 0.25) is 5.02 Å². The number of nitrogens with zero attached hydrogens (tertiary/aromatic N) is 3. The molecule has 0 aliphatic carbocycles. The van der Waals surface area contributed by atoms with Gasteiger partial charge < -0.3 is 10.2 Å². The van der Waals surface area contributed by atoms with Crippen molar-refractivity contribution in [2.45, 2.75) is 18.9 Å². The molecule has 0 aromatic carbocycles. The molecule has 1 atom stereocenters. The average Bonchev–Trinajstić information content (AvgIpc) is 2.55. The Hall–Kier alpha value is -1.65. The lowest BCUT2D eigenvalue weighted by molar-refractivity contribution is 0.436. The molecule has 108 valence electrons. The fraction of sp³-hybridized carbons (Fsp3) is 0.375. The molecule has 0 saturated carbocycles. The third-order valence-electron chi connectivity index (χ3n) is 4.39. The van der Waals surface area contributed by atoms with Gasteiger partial charge in [0, 0.05) is 49.2 Å². The Balaban J connectivity index is 1.79. The van der Waals surface area contributed by atoms with Gasteiger partial charge in [-0.15, -0.1) is 0 Å². The molecule has 4 heterocycles. The van der Waals surface area contributed by atoms with Gasteiger partial charge in [-0.05, 0) is 31.0 Å². The lowest BCUT2D eigenvalue weighted by Gasteiger charge is -2.41. The SMILES string of the molecule is Clc1ccc(-c2ccnc3c2CCC2CNCCN32)nc1. The second-order valence-electron chi connectivity index (χ2n) is 5.61. The number of hydrogen-bond donors (Lipinski definition) is 1. The molecular weight excluding hydrogens is 284 g/mol. The van der Waals surface area contributed by atoms with Crippen molar-refractivity contribution in [3.05, 3.63) is 41.2 Å². The smallest absolute Gasteiger partial charge is 0.132 e. The molecule has 1 fully saturated rings. The molecule has 0 radical (unpaired) electrons. The number of hydrogen-bond acceptors (Lipinski definition) is 4. The van der Waals surface area contributed by atoms with Crippen molar-refractivity contribution in [3.8, 4) is 11.3 Å². The van der Waals surface area contributed by atoms with Gasteiger partial charge in [-0.25, -0.2) is 4.98 Å². The summed E-state index contributed by atoms with van der Waals surface area (Å²) in [6.45, 7) is 3.12. The van der Waals surface area contributed by atoms with Crippen LogP contribution >= 0.6 is 11.6 Å². The van der Waals surface area contributed by atoms with E-state index in [2.05, 4.69) is 26.3 Å². The van der Waals surface area contributed by atoms with Crippen LogP contribution in [0.3, 0.4) is 0 Å². The predicted molar refractivity (Wildman–Crippen MR) is 84.8 cm³/mol. The summed E-state index contributed by atoms with van der Waals surface area (Å²) in [6, 6.07) is 6.53. The van der Waals surface area contributed by atoms with Gasteiger partial charge in [0.1, 0.15) is 5.82 Å². The van der Waals surface area contributed by atoms with E-state index in [4.69, 9.17) is 11.6 Å². The van der Waals surface area contributed by atoms with Gasteiger partial charge in [0.25, 0.3) is 0 Å². The number of nitrogens with one attached hydrogen (secondary N) is 1. The van der Waals surface area contributed by atoms with E-state index in [0.29, 0.717) is 11.1 Å². The van der Waals surface area contributed by atoms with Crippen LogP contribution in [0.4, 0.5) is 5.82 Å². The standard InChI is InChI=1S/C16H17ClN4/c17-11-1-4-15(20-9-11)13-5-6-19-16-14(13)3-2-12-10-18-7-8-21(12)16/h1,4-6,9,12,18H,2-3,7-8,10H2. The minimum Gasteiger partial charge on any atom is -0.351 e. The number of halogens is 1. The summed E-state index contributed by atoms with van der Waals surface area (Å²) < 4.78 is 0. The minimum atomic E-state index is 0.576. The first-order valence-electron chi connectivity index (χ1n) is 7.40. The highest BCUT2D eigenvalue weighted by Gasteiger charge is 2.30. The van der Waals surface area contributed by atoms with Gasteiger partial charge in [-0.1, -0.05) is 11.6 Å². The molecular formula is C16H17ClN4. The van der Waals surface area contributed by atoms with Crippen molar-refractivity contribution in [2.75, 3.05) is 24.5 Å².